The highest BCUT2D eigenvalue weighted by atomic mass is 16.5. The van der Waals surface area contributed by atoms with Gasteiger partial charge < -0.3 is 51.3 Å². The van der Waals surface area contributed by atoms with Crippen LogP contribution in [0, 0.1) is 10.8 Å². The van der Waals surface area contributed by atoms with Gasteiger partial charge in [0.25, 0.3) is 0 Å². The highest BCUT2D eigenvalue weighted by Crippen LogP contribution is 2.38. The predicted molar refractivity (Wildman–Crippen MR) is 287 cm³/mol. The van der Waals surface area contributed by atoms with Crippen LogP contribution in [0.2, 0.25) is 0 Å². The third-order valence-electron chi connectivity index (χ3n) is 15.7. The van der Waals surface area contributed by atoms with E-state index in [1.165, 1.54) is 10.5 Å². The summed E-state index contributed by atoms with van der Waals surface area (Å²) in [5, 5.41) is 18.3. The Morgan fingerprint density at radius 2 is 1.27 bits per heavy atom. The molecule has 3 aromatic rings. The highest BCUT2D eigenvalue weighted by molar-refractivity contribution is 5.96. The Morgan fingerprint density at radius 3 is 1.88 bits per heavy atom. The third kappa shape index (κ3) is 13.5. The Balaban J connectivity index is 1.23. The van der Waals surface area contributed by atoms with Crippen molar-refractivity contribution in [2.24, 2.45) is 10.8 Å². The average Bonchev–Trinajstić information content (AvgIpc) is 3.86. The first-order valence-electron chi connectivity index (χ1n) is 26.9. The topological polar surface area (TPSA) is 211 Å². The normalized spacial score (nSPS) is 21.8. The number of fused-ring (bicyclic) bond motifs is 2. The van der Waals surface area contributed by atoms with Gasteiger partial charge in [0.05, 0.1) is 31.3 Å². The number of aryl methyl sites for hydroxylation is 1. The van der Waals surface area contributed by atoms with Crippen LogP contribution >= 0.6 is 0 Å². The van der Waals surface area contributed by atoms with E-state index in [0.717, 1.165) is 47.1 Å². The smallest absolute Gasteiger partial charge is 0.246 e. The zero-order chi connectivity index (χ0) is 54.4. The van der Waals surface area contributed by atoms with Gasteiger partial charge in [-0.25, -0.2) is 0 Å². The van der Waals surface area contributed by atoms with Crippen LogP contribution in [0.5, 0.6) is 0 Å². The van der Waals surface area contributed by atoms with Crippen LogP contribution in [0.4, 0.5) is 0 Å². The van der Waals surface area contributed by atoms with Gasteiger partial charge in [0, 0.05) is 44.9 Å². The number of ether oxygens (including phenoxy) is 1. The van der Waals surface area contributed by atoms with Gasteiger partial charge in [0.2, 0.25) is 41.4 Å². The summed E-state index contributed by atoms with van der Waals surface area (Å²) in [6, 6.07) is 17.4. The molecule has 17 heteroatoms. The second kappa shape index (κ2) is 24.2. The fourth-order valence-corrected chi connectivity index (χ4v) is 10.8. The van der Waals surface area contributed by atoms with Gasteiger partial charge in [-0.3, -0.25) is 33.6 Å². The molecule has 75 heavy (non-hydrogen) atoms. The summed E-state index contributed by atoms with van der Waals surface area (Å²) in [7, 11) is 3.35. The molecule has 7 rings (SSSR count). The molecular formula is C58H81N9O8. The van der Waals surface area contributed by atoms with E-state index >= 15 is 9.59 Å². The van der Waals surface area contributed by atoms with Crippen molar-refractivity contribution in [1.29, 1.82) is 0 Å². The Kier molecular flexibility index (Phi) is 18.3. The summed E-state index contributed by atoms with van der Waals surface area (Å²) < 4.78 is 5.54. The van der Waals surface area contributed by atoms with E-state index in [1.54, 1.807) is 37.7 Å². The summed E-state index contributed by atoms with van der Waals surface area (Å²) in [5.41, 5.74) is 4.10. The van der Waals surface area contributed by atoms with Gasteiger partial charge in [-0.1, -0.05) is 114 Å². The standard InChI is InChI=1S/C58H81N9O8/c1-35(59-9)50(68)63-48(57(3,4)5)55(73)66-33-41-30-39(23-24-40(41)31-46(66)53(71)62-45(29-37-17-12-11-13-18-37)54(72)65-25-27-75-28-26-65)42-32-47(52(70)61-44-22-16-20-38-19-14-15-21-43(38)44)67(34-42)56(74)49(58(6,7)8)64-51(69)36(2)60-10/h11-15,17-19,21,23-24,30,35-36,42,44-49,59-60H,16,20,22,25-29,31-34H2,1-10H3,(H,61,70)(H,62,71)(H,63,68)(H,64,69)/t35-,36-,42?,44+,45?,46?,47-,48?,49?/m0/s1. The van der Waals surface area contributed by atoms with Crippen molar-refractivity contribution in [2.45, 2.75) is 155 Å². The molecule has 1 aliphatic carbocycles. The van der Waals surface area contributed by atoms with Gasteiger partial charge in [-0.2, -0.15) is 0 Å². The lowest BCUT2D eigenvalue weighted by Gasteiger charge is -2.42. The number of amides is 7. The quantitative estimate of drug-likeness (QED) is 0.123. The maximum absolute atomic E-state index is 15.3. The molecule has 2 saturated heterocycles. The minimum Gasteiger partial charge on any atom is -0.378 e. The number of rotatable bonds is 16. The lowest BCUT2D eigenvalue weighted by Crippen LogP contribution is -2.63. The number of likely N-dealkylation sites (N-methyl/N-ethyl adjacent to an activating group) is 2. The van der Waals surface area contributed by atoms with Gasteiger partial charge >= 0.3 is 0 Å². The number of likely N-dealkylation sites (tertiary alicyclic amines) is 1. The van der Waals surface area contributed by atoms with Gasteiger partial charge in [-0.15, -0.1) is 0 Å². The van der Waals surface area contributed by atoms with Gasteiger partial charge in [-0.05, 0) is 97.8 Å². The van der Waals surface area contributed by atoms with Gasteiger partial charge in [0.15, 0.2) is 0 Å². The lowest BCUT2D eigenvalue weighted by atomic mass is 9.83. The maximum Gasteiger partial charge on any atom is 0.246 e. The largest absolute Gasteiger partial charge is 0.378 e. The molecule has 5 unspecified atom stereocenters. The molecule has 0 saturated carbocycles. The van der Waals surface area contributed by atoms with E-state index in [9.17, 15) is 24.0 Å². The van der Waals surface area contributed by atoms with E-state index < -0.39 is 64.9 Å². The minimum absolute atomic E-state index is 0.00698. The molecule has 3 heterocycles. The number of hydrogen-bond donors (Lipinski definition) is 6. The summed E-state index contributed by atoms with van der Waals surface area (Å²) in [6.45, 7) is 16.5. The summed E-state index contributed by atoms with van der Waals surface area (Å²) in [5.74, 6) is -2.82. The SMILES string of the molecule is CN[C@@H](C)C(=O)NC(C(=O)N1Cc2cc(C3C[C@@H](C(=O)N[C@@H]4CCCc5ccccc54)N(C(=O)C(NC(=O)[C@H](C)NC)C(C)(C)C)C3)ccc2CC1C(=O)NC(Cc1ccccc1)C(=O)N1CCOCC1)C(C)(C)C. The minimum atomic E-state index is -1.05. The van der Waals surface area contributed by atoms with E-state index in [2.05, 4.69) is 44.0 Å². The van der Waals surface area contributed by atoms with Gasteiger partial charge in [0.1, 0.15) is 30.2 Å². The maximum atomic E-state index is 15.3. The van der Waals surface area contributed by atoms with Crippen molar-refractivity contribution in [2.75, 3.05) is 46.9 Å². The molecule has 2 fully saturated rings. The summed E-state index contributed by atoms with van der Waals surface area (Å²) >= 11 is 0. The number of nitrogens with one attached hydrogen (secondary N) is 6. The van der Waals surface area contributed by atoms with E-state index in [-0.39, 0.29) is 67.4 Å². The number of nitrogens with zero attached hydrogens (tertiary/aromatic N) is 3. The molecule has 3 aliphatic heterocycles. The van der Waals surface area contributed by atoms with Crippen LogP contribution in [0.1, 0.15) is 120 Å². The van der Waals surface area contributed by atoms with Crippen LogP contribution in [-0.4, -0.2) is 145 Å². The fourth-order valence-electron chi connectivity index (χ4n) is 10.8. The van der Waals surface area contributed by atoms with Crippen molar-refractivity contribution in [3.05, 3.63) is 106 Å². The Hall–Kier alpha value is -6.17. The second-order valence-electron chi connectivity index (χ2n) is 23.1. The number of carbonyl (C=O) groups is 7. The predicted octanol–water partition coefficient (Wildman–Crippen LogP) is 3.68. The van der Waals surface area contributed by atoms with Crippen LogP contribution in [-0.2, 0) is 64.1 Å². The Morgan fingerprint density at radius 1 is 0.667 bits per heavy atom. The first kappa shape index (κ1) is 56.6. The average molecular weight is 1030 g/mol. The van der Waals surface area contributed by atoms with E-state index in [0.29, 0.717) is 32.7 Å². The molecule has 0 spiro atoms. The number of benzene rings is 3. The van der Waals surface area contributed by atoms with Crippen LogP contribution in [0.25, 0.3) is 0 Å². The molecule has 7 amide bonds. The molecule has 0 bridgehead atoms. The second-order valence-corrected chi connectivity index (χ2v) is 23.1. The zero-order valence-electron chi connectivity index (χ0n) is 45.7. The van der Waals surface area contributed by atoms with Crippen molar-refractivity contribution in [1.82, 2.24) is 46.6 Å². The van der Waals surface area contributed by atoms with Crippen molar-refractivity contribution in [3.8, 4) is 0 Å². The molecule has 17 nitrogen and oxygen atoms in total. The molecule has 6 N–H and O–H groups in total. The number of hydrogen-bond acceptors (Lipinski definition) is 10. The fraction of sp³-hybridized carbons (Fsp3) is 0.569. The Bertz CT molecular complexity index is 2550. The summed E-state index contributed by atoms with van der Waals surface area (Å²) in [4.78, 5) is 106. The van der Waals surface area contributed by atoms with E-state index in [1.807, 2.05) is 102 Å². The highest BCUT2D eigenvalue weighted by Gasteiger charge is 2.47. The summed E-state index contributed by atoms with van der Waals surface area (Å²) in [6.07, 6.45) is 3.26. The number of carbonyl (C=O) groups excluding carboxylic acids is 7. The first-order valence-corrected chi connectivity index (χ1v) is 26.9. The molecule has 406 valence electrons. The van der Waals surface area contributed by atoms with E-state index in [4.69, 9.17) is 4.74 Å². The van der Waals surface area contributed by atoms with Crippen molar-refractivity contribution >= 4 is 41.4 Å². The number of morpholine rings is 1. The molecule has 4 aliphatic rings. The molecule has 3 aromatic carbocycles. The van der Waals surface area contributed by atoms with Crippen LogP contribution in [0.15, 0.2) is 72.8 Å². The van der Waals surface area contributed by atoms with Crippen molar-refractivity contribution in [3.63, 3.8) is 0 Å². The van der Waals surface area contributed by atoms with Crippen LogP contribution in [0.3, 0.4) is 0 Å². The zero-order valence-corrected chi connectivity index (χ0v) is 45.7. The molecule has 0 radical (unpaired) electrons. The lowest BCUT2D eigenvalue weighted by molar-refractivity contribution is -0.148. The molecular weight excluding hydrogens is 951 g/mol. The Labute approximate surface area is 443 Å². The molecule has 0 aromatic heterocycles. The third-order valence-corrected chi connectivity index (χ3v) is 15.7. The van der Waals surface area contributed by atoms with Crippen molar-refractivity contribution < 1.29 is 38.3 Å². The monoisotopic (exact) mass is 1030 g/mol. The van der Waals surface area contributed by atoms with Crippen LogP contribution < -0.4 is 31.9 Å². The first-order chi connectivity index (χ1) is 35.6. The molecule has 9 atom stereocenters.